The molecule has 7 heteroatoms. The molecule has 2 N–H and O–H groups in total. The van der Waals surface area contributed by atoms with Crippen LogP contribution in [0, 0.1) is 34.5 Å². The second kappa shape index (κ2) is 8.21. The van der Waals surface area contributed by atoms with Crippen LogP contribution in [0.25, 0.3) is 0 Å². The number of hydrogen-bond donors (Lipinski definition) is 2. The van der Waals surface area contributed by atoms with E-state index in [9.17, 15) is 19.2 Å². The second-order valence-corrected chi connectivity index (χ2v) is 11.5. The van der Waals surface area contributed by atoms with E-state index in [0.717, 1.165) is 19.3 Å². The number of rotatable bonds is 7. The largest absolute Gasteiger partial charge is 0.353 e. The van der Waals surface area contributed by atoms with E-state index in [1.807, 2.05) is 27.7 Å². The Kier molecular flexibility index (Phi) is 6.29. The number of piperidine rings is 1. The number of likely N-dealkylation sites (tertiary alicyclic amines) is 1. The first-order chi connectivity index (χ1) is 14.3. The summed E-state index contributed by atoms with van der Waals surface area (Å²) in [6.45, 7) is 12.9. The number of Topliss-reactive ketones (excluding diaryl/α,β-unsaturated/α-hetero) is 1. The van der Waals surface area contributed by atoms with E-state index < -0.39 is 23.8 Å². The zero-order valence-corrected chi connectivity index (χ0v) is 20.1. The molecule has 2 aliphatic carbocycles. The maximum Gasteiger partial charge on any atom is 0.289 e. The SMILES string of the molecule is CNC(=O)C(=O)C(CC1CCC1)NC(=O)[C@@H]1[C@@H]2[C@H](CN1C(=O)[C@@H](C)C(C)(C)C)C2(C)C. The molecule has 0 aromatic heterocycles. The Morgan fingerprint density at radius 2 is 1.74 bits per heavy atom. The van der Waals surface area contributed by atoms with Crippen molar-refractivity contribution in [3.8, 4) is 0 Å². The molecule has 3 amide bonds. The molecule has 2 saturated carbocycles. The molecule has 1 aliphatic heterocycles. The first-order valence-corrected chi connectivity index (χ1v) is 11.7. The fourth-order valence-corrected chi connectivity index (χ4v) is 5.26. The first-order valence-electron chi connectivity index (χ1n) is 11.7. The van der Waals surface area contributed by atoms with Crippen LogP contribution in [0.5, 0.6) is 0 Å². The molecule has 0 aromatic rings. The molecule has 1 heterocycles. The molecule has 0 bridgehead atoms. The van der Waals surface area contributed by atoms with Crippen molar-refractivity contribution in [1.29, 1.82) is 0 Å². The van der Waals surface area contributed by atoms with Gasteiger partial charge in [0, 0.05) is 19.5 Å². The summed E-state index contributed by atoms with van der Waals surface area (Å²) >= 11 is 0. The number of carbonyl (C=O) groups excluding carboxylic acids is 4. The van der Waals surface area contributed by atoms with E-state index in [4.69, 9.17) is 0 Å². The number of hydrogen-bond acceptors (Lipinski definition) is 4. The molecular formula is C24H39N3O4. The van der Waals surface area contributed by atoms with E-state index in [-0.39, 0.29) is 34.5 Å². The summed E-state index contributed by atoms with van der Waals surface area (Å²) < 4.78 is 0. The van der Waals surface area contributed by atoms with Gasteiger partial charge in [-0.05, 0) is 35.0 Å². The van der Waals surface area contributed by atoms with Crippen LogP contribution >= 0.6 is 0 Å². The molecule has 3 rings (SSSR count). The van der Waals surface area contributed by atoms with Crippen molar-refractivity contribution in [2.45, 2.75) is 79.3 Å². The molecule has 31 heavy (non-hydrogen) atoms. The van der Waals surface area contributed by atoms with Crippen molar-refractivity contribution in [3.63, 3.8) is 0 Å². The molecule has 1 unspecified atom stereocenters. The van der Waals surface area contributed by atoms with Gasteiger partial charge in [-0.25, -0.2) is 0 Å². The Balaban J connectivity index is 1.80. The standard InChI is InChI=1S/C24H39N3O4/c1-13(23(2,3)4)22(31)27-12-15-17(24(15,5)6)18(27)20(29)26-16(11-14-9-8-10-14)19(28)21(30)25-7/h13-18H,8-12H2,1-7H3,(H,25,30)(H,26,29)/t13-,15+,16?,17+,18+/m1/s1. The predicted octanol–water partition coefficient (Wildman–Crippen LogP) is 2.14. The van der Waals surface area contributed by atoms with Crippen LogP contribution < -0.4 is 10.6 Å². The zero-order chi connectivity index (χ0) is 23.3. The Hall–Kier alpha value is -1.92. The van der Waals surface area contributed by atoms with Crippen LogP contribution in [0.15, 0.2) is 0 Å². The van der Waals surface area contributed by atoms with Gasteiger partial charge < -0.3 is 15.5 Å². The summed E-state index contributed by atoms with van der Waals surface area (Å²) in [5, 5.41) is 5.27. The molecule has 174 valence electrons. The maximum atomic E-state index is 13.5. The van der Waals surface area contributed by atoms with Crippen LogP contribution in [-0.2, 0) is 19.2 Å². The van der Waals surface area contributed by atoms with Crippen LogP contribution in [0.1, 0.15) is 67.2 Å². The molecule has 0 aromatic carbocycles. The topological polar surface area (TPSA) is 95.6 Å². The molecule has 0 spiro atoms. The summed E-state index contributed by atoms with van der Waals surface area (Å²) in [5.41, 5.74) is -0.208. The van der Waals surface area contributed by atoms with Crippen LogP contribution in [0.2, 0.25) is 0 Å². The minimum Gasteiger partial charge on any atom is -0.353 e. The number of ketones is 1. The minimum absolute atomic E-state index is 0.00196. The molecule has 7 nitrogen and oxygen atoms in total. The van der Waals surface area contributed by atoms with Gasteiger partial charge in [-0.15, -0.1) is 0 Å². The van der Waals surface area contributed by atoms with Gasteiger partial charge in [0.25, 0.3) is 5.91 Å². The van der Waals surface area contributed by atoms with Gasteiger partial charge in [0.15, 0.2) is 0 Å². The van der Waals surface area contributed by atoms with Gasteiger partial charge in [0.05, 0.1) is 6.04 Å². The van der Waals surface area contributed by atoms with E-state index >= 15 is 0 Å². The summed E-state index contributed by atoms with van der Waals surface area (Å²) in [7, 11) is 1.42. The number of likely N-dealkylation sites (N-methyl/N-ethyl adjacent to an activating group) is 1. The van der Waals surface area contributed by atoms with Crippen molar-refractivity contribution in [2.75, 3.05) is 13.6 Å². The highest BCUT2D eigenvalue weighted by Gasteiger charge is 2.69. The average Bonchev–Trinajstić information content (AvgIpc) is 3.02. The van der Waals surface area contributed by atoms with Crippen molar-refractivity contribution < 1.29 is 19.2 Å². The third-order valence-electron chi connectivity index (χ3n) is 8.31. The third kappa shape index (κ3) is 4.37. The smallest absolute Gasteiger partial charge is 0.289 e. The summed E-state index contributed by atoms with van der Waals surface area (Å²) in [4.78, 5) is 53.2. The number of nitrogens with zero attached hydrogens (tertiary/aromatic N) is 1. The normalized spacial score (nSPS) is 28.7. The van der Waals surface area contributed by atoms with Gasteiger partial charge in [0.1, 0.15) is 6.04 Å². The lowest BCUT2D eigenvalue weighted by molar-refractivity contribution is -0.147. The van der Waals surface area contributed by atoms with Gasteiger partial charge in [-0.3, -0.25) is 19.2 Å². The van der Waals surface area contributed by atoms with E-state index in [1.54, 1.807) is 4.90 Å². The minimum atomic E-state index is -0.837. The molecule has 1 saturated heterocycles. The van der Waals surface area contributed by atoms with Crippen molar-refractivity contribution >= 4 is 23.5 Å². The predicted molar refractivity (Wildman–Crippen MR) is 118 cm³/mol. The van der Waals surface area contributed by atoms with Crippen molar-refractivity contribution in [3.05, 3.63) is 0 Å². The van der Waals surface area contributed by atoms with Crippen LogP contribution in [0.3, 0.4) is 0 Å². The quantitative estimate of drug-likeness (QED) is 0.602. The van der Waals surface area contributed by atoms with Gasteiger partial charge in [0.2, 0.25) is 17.6 Å². The Morgan fingerprint density at radius 1 is 1.13 bits per heavy atom. The number of carbonyl (C=O) groups is 4. The summed E-state index contributed by atoms with van der Waals surface area (Å²) in [5.74, 6) is -1.09. The Bertz CT molecular complexity index is 765. The molecular weight excluding hydrogens is 394 g/mol. The third-order valence-corrected chi connectivity index (χ3v) is 8.31. The number of amides is 3. The molecule has 5 atom stereocenters. The van der Waals surface area contributed by atoms with E-state index in [1.165, 1.54) is 7.05 Å². The highest BCUT2D eigenvalue weighted by atomic mass is 16.2. The fraction of sp³-hybridized carbons (Fsp3) is 0.833. The van der Waals surface area contributed by atoms with Gasteiger partial charge >= 0.3 is 0 Å². The lowest BCUT2D eigenvalue weighted by Crippen LogP contribution is -2.56. The monoisotopic (exact) mass is 433 g/mol. The molecule has 0 radical (unpaired) electrons. The number of nitrogens with one attached hydrogen (secondary N) is 2. The molecule has 3 aliphatic rings. The zero-order valence-electron chi connectivity index (χ0n) is 20.1. The second-order valence-electron chi connectivity index (χ2n) is 11.5. The first kappa shape index (κ1) is 23.7. The van der Waals surface area contributed by atoms with Crippen LogP contribution in [0.4, 0.5) is 0 Å². The fourth-order valence-electron chi connectivity index (χ4n) is 5.26. The van der Waals surface area contributed by atoms with E-state index in [2.05, 4.69) is 24.5 Å². The highest BCUT2D eigenvalue weighted by Crippen LogP contribution is 2.65. The van der Waals surface area contributed by atoms with Crippen molar-refractivity contribution in [1.82, 2.24) is 15.5 Å². The van der Waals surface area contributed by atoms with Crippen molar-refractivity contribution in [2.24, 2.45) is 34.5 Å². The Morgan fingerprint density at radius 3 is 2.23 bits per heavy atom. The average molecular weight is 434 g/mol. The summed E-state index contributed by atoms with van der Waals surface area (Å²) in [6.07, 6.45) is 3.63. The van der Waals surface area contributed by atoms with Gasteiger partial charge in [-0.2, -0.15) is 0 Å². The van der Waals surface area contributed by atoms with E-state index in [0.29, 0.717) is 24.8 Å². The lowest BCUT2D eigenvalue weighted by atomic mass is 9.80. The lowest BCUT2D eigenvalue weighted by Gasteiger charge is -2.36. The van der Waals surface area contributed by atoms with Gasteiger partial charge in [-0.1, -0.05) is 60.8 Å². The van der Waals surface area contributed by atoms with Crippen LogP contribution in [-0.4, -0.2) is 54.1 Å². The highest BCUT2D eigenvalue weighted by molar-refractivity contribution is 6.38. The Labute approximate surface area is 186 Å². The maximum absolute atomic E-state index is 13.5. The molecule has 3 fully saturated rings. The summed E-state index contributed by atoms with van der Waals surface area (Å²) in [6, 6.07) is -1.42. The number of fused-ring (bicyclic) bond motifs is 1.